The molecule has 4 rings (SSSR count). The molecule has 178 valence electrons. The van der Waals surface area contributed by atoms with Crippen LogP contribution >= 0.6 is 0 Å². The zero-order chi connectivity index (χ0) is 24.0. The van der Waals surface area contributed by atoms with Crippen LogP contribution in [0.15, 0.2) is 95.2 Å². The SMILES string of the molecule is C=CC[C@@]1(O)[C@H](OCc2ccccc2)C(COCc2ccccc2)O[C@H]1n1ccc(=O)[nH]c1=O. The highest BCUT2D eigenvalue weighted by Gasteiger charge is 2.57. The van der Waals surface area contributed by atoms with Crippen LogP contribution in [-0.4, -0.2) is 39.1 Å². The second kappa shape index (κ2) is 10.8. The van der Waals surface area contributed by atoms with Crippen molar-refractivity contribution in [1.29, 1.82) is 0 Å². The monoisotopic (exact) mass is 464 g/mol. The maximum absolute atomic E-state index is 12.5. The van der Waals surface area contributed by atoms with Gasteiger partial charge in [-0.1, -0.05) is 66.7 Å². The summed E-state index contributed by atoms with van der Waals surface area (Å²) in [6, 6.07) is 20.5. The number of hydrogen-bond donors (Lipinski definition) is 2. The van der Waals surface area contributed by atoms with Gasteiger partial charge in [0, 0.05) is 18.7 Å². The molecule has 0 saturated carbocycles. The molecule has 0 bridgehead atoms. The fraction of sp³-hybridized carbons (Fsp3) is 0.308. The largest absolute Gasteiger partial charge is 0.382 e. The summed E-state index contributed by atoms with van der Waals surface area (Å²) < 4.78 is 19.4. The lowest BCUT2D eigenvalue weighted by molar-refractivity contribution is -0.125. The third kappa shape index (κ3) is 5.26. The number of benzene rings is 2. The second-order valence-electron chi connectivity index (χ2n) is 8.25. The van der Waals surface area contributed by atoms with Crippen molar-refractivity contribution in [2.24, 2.45) is 0 Å². The van der Waals surface area contributed by atoms with Crippen LogP contribution in [0.2, 0.25) is 0 Å². The Kier molecular flexibility index (Phi) is 7.54. The maximum Gasteiger partial charge on any atom is 0.330 e. The van der Waals surface area contributed by atoms with Crippen molar-refractivity contribution in [3.05, 3.63) is 118 Å². The zero-order valence-electron chi connectivity index (χ0n) is 18.7. The molecule has 1 unspecified atom stereocenters. The quantitative estimate of drug-likeness (QED) is 0.447. The Morgan fingerprint density at radius 3 is 2.29 bits per heavy atom. The lowest BCUT2D eigenvalue weighted by atomic mass is 9.90. The third-order valence-electron chi connectivity index (χ3n) is 5.80. The minimum Gasteiger partial charge on any atom is -0.382 e. The van der Waals surface area contributed by atoms with Gasteiger partial charge in [0.25, 0.3) is 5.56 Å². The molecule has 2 N–H and O–H groups in total. The molecule has 8 heteroatoms. The summed E-state index contributed by atoms with van der Waals surface area (Å²) in [4.78, 5) is 26.3. The Balaban J connectivity index is 1.61. The van der Waals surface area contributed by atoms with Gasteiger partial charge in [0.1, 0.15) is 17.8 Å². The summed E-state index contributed by atoms with van der Waals surface area (Å²) in [7, 11) is 0. The molecule has 3 aromatic rings. The molecular formula is C26H28N2O6. The van der Waals surface area contributed by atoms with Crippen LogP contribution in [0.4, 0.5) is 0 Å². The van der Waals surface area contributed by atoms with E-state index >= 15 is 0 Å². The van der Waals surface area contributed by atoms with Crippen molar-refractivity contribution in [2.45, 2.75) is 43.7 Å². The first-order chi connectivity index (χ1) is 16.5. The highest BCUT2D eigenvalue weighted by molar-refractivity contribution is 5.15. The van der Waals surface area contributed by atoms with E-state index < -0.39 is 35.3 Å². The smallest absolute Gasteiger partial charge is 0.330 e. The maximum atomic E-state index is 12.5. The number of rotatable bonds is 10. The van der Waals surface area contributed by atoms with Gasteiger partial charge in [-0.25, -0.2) is 4.79 Å². The Morgan fingerprint density at radius 1 is 1.03 bits per heavy atom. The Labute approximate surface area is 197 Å². The predicted molar refractivity (Wildman–Crippen MR) is 126 cm³/mol. The average Bonchev–Trinajstić information content (AvgIpc) is 3.10. The fourth-order valence-electron chi connectivity index (χ4n) is 4.19. The molecule has 2 heterocycles. The molecule has 1 aromatic heterocycles. The minimum absolute atomic E-state index is 0.0951. The summed E-state index contributed by atoms with van der Waals surface area (Å²) >= 11 is 0. The van der Waals surface area contributed by atoms with Gasteiger partial charge in [0.05, 0.1) is 19.8 Å². The van der Waals surface area contributed by atoms with Crippen molar-refractivity contribution in [2.75, 3.05) is 6.61 Å². The molecule has 1 aliphatic rings. The topological polar surface area (TPSA) is 103 Å². The molecule has 0 aliphatic carbocycles. The number of H-pyrrole nitrogens is 1. The van der Waals surface area contributed by atoms with E-state index in [2.05, 4.69) is 11.6 Å². The van der Waals surface area contributed by atoms with Crippen LogP contribution < -0.4 is 11.2 Å². The molecule has 1 fully saturated rings. The van der Waals surface area contributed by atoms with Crippen LogP contribution in [0.5, 0.6) is 0 Å². The molecule has 0 radical (unpaired) electrons. The average molecular weight is 465 g/mol. The molecule has 8 nitrogen and oxygen atoms in total. The molecule has 1 saturated heterocycles. The van der Waals surface area contributed by atoms with Crippen molar-refractivity contribution < 1.29 is 19.3 Å². The summed E-state index contributed by atoms with van der Waals surface area (Å²) in [6.45, 7) is 4.48. The normalized spacial score (nSPS) is 24.2. The zero-order valence-corrected chi connectivity index (χ0v) is 18.7. The van der Waals surface area contributed by atoms with E-state index in [-0.39, 0.29) is 19.6 Å². The summed E-state index contributed by atoms with van der Waals surface area (Å²) in [5.74, 6) is 0. The third-order valence-corrected chi connectivity index (χ3v) is 5.80. The van der Waals surface area contributed by atoms with Gasteiger partial charge in [-0.2, -0.15) is 0 Å². The van der Waals surface area contributed by atoms with Gasteiger partial charge >= 0.3 is 5.69 Å². The van der Waals surface area contributed by atoms with Gasteiger partial charge in [-0.3, -0.25) is 14.3 Å². The van der Waals surface area contributed by atoms with E-state index in [1.54, 1.807) is 6.08 Å². The van der Waals surface area contributed by atoms with Crippen molar-refractivity contribution in [3.63, 3.8) is 0 Å². The van der Waals surface area contributed by atoms with E-state index in [4.69, 9.17) is 14.2 Å². The number of aromatic amines is 1. The Morgan fingerprint density at radius 2 is 1.68 bits per heavy atom. The first-order valence-corrected chi connectivity index (χ1v) is 11.1. The number of ether oxygens (including phenoxy) is 3. The first-order valence-electron chi connectivity index (χ1n) is 11.1. The van der Waals surface area contributed by atoms with E-state index in [0.717, 1.165) is 11.1 Å². The van der Waals surface area contributed by atoms with Crippen LogP contribution in [0, 0.1) is 0 Å². The van der Waals surface area contributed by atoms with E-state index in [1.165, 1.54) is 16.8 Å². The van der Waals surface area contributed by atoms with E-state index in [9.17, 15) is 14.7 Å². The van der Waals surface area contributed by atoms with Crippen LogP contribution in [0.25, 0.3) is 0 Å². The highest BCUT2D eigenvalue weighted by atomic mass is 16.6. The lowest BCUT2D eigenvalue weighted by Crippen LogP contribution is -2.50. The van der Waals surface area contributed by atoms with Gasteiger partial charge in [-0.05, 0) is 11.1 Å². The molecule has 1 aliphatic heterocycles. The molecular weight excluding hydrogens is 436 g/mol. The van der Waals surface area contributed by atoms with Crippen LogP contribution in [0.1, 0.15) is 23.8 Å². The predicted octanol–water partition coefficient (Wildman–Crippen LogP) is 2.54. The van der Waals surface area contributed by atoms with Crippen LogP contribution in [-0.2, 0) is 27.4 Å². The summed E-state index contributed by atoms with van der Waals surface area (Å²) in [5.41, 5.74) is -0.924. The second-order valence-corrected chi connectivity index (χ2v) is 8.25. The van der Waals surface area contributed by atoms with Gasteiger partial charge in [0.15, 0.2) is 6.23 Å². The number of hydrogen-bond acceptors (Lipinski definition) is 6. The Bertz CT molecular complexity index is 1190. The molecule has 0 spiro atoms. The fourth-order valence-corrected chi connectivity index (χ4v) is 4.19. The Hall–Kier alpha value is -3.30. The number of nitrogens with one attached hydrogen (secondary N) is 1. The number of aromatic nitrogens is 2. The van der Waals surface area contributed by atoms with Crippen LogP contribution in [0.3, 0.4) is 0 Å². The standard InChI is InChI=1S/C26H28N2O6/c1-2-14-26(31)23(33-17-20-11-7-4-8-12-20)21(18-32-16-19-9-5-3-6-10-19)34-24(26)28-15-13-22(29)27-25(28)30/h2-13,15,21,23-24,31H,1,14,16-18H2,(H,27,29,30)/t21?,23-,24-,26-/m1/s1. The van der Waals surface area contributed by atoms with Crippen molar-refractivity contribution in [1.82, 2.24) is 9.55 Å². The number of nitrogens with zero attached hydrogens (tertiary/aromatic N) is 1. The van der Waals surface area contributed by atoms with Crippen molar-refractivity contribution in [3.8, 4) is 0 Å². The van der Waals surface area contributed by atoms with Gasteiger partial charge in [-0.15, -0.1) is 6.58 Å². The molecule has 2 aromatic carbocycles. The molecule has 34 heavy (non-hydrogen) atoms. The highest BCUT2D eigenvalue weighted by Crippen LogP contribution is 2.42. The van der Waals surface area contributed by atoms with Gasteiger partial charge in [0.2, 0.25) is 0 Å². The number of aliphatic hydroxyl groups is 1. The van der Waals surface area contributed by atoms with E-state index in [0.29, 0.717) is 6.61 Å². The van der Waals surface area contributed by atoms with E-state index in [1.807, 2.05) is 60.7 Å². The molecule has 0 amide bonds. The van der Waals surface area contributed by atoms with Gasteiger partial charge < -0.3 is 19.3 Å². The van der Waals surface area contributed by atoms with Crippen molar-refractivity contribution >= 4 is 0 Å². The molecule has 4 atom stereocenters. The summed E-state index contributed by atoms with van der Waals surface area (Å²) in [6.07, 6.45) is 0.339. The minimum atomic E-state index is -1.63. The summed E-state index contributed by atoms with van der Waals surface area (Å²) in [5, 5.41) is 11.8. The first kappa shape index (κ1) is 23.8. The lowest BCUT2D eigenvalue weighted by Gasteiger charge is -2.33.